The Kier molecular flexibility index (Phi) is 8.44. The molecule has 0 aliphatic rings. The normalized spacial score (nSPS) is 9.05. The van der Waals surface area contributed by atoms with E-state index in [0.717, 1.165) is 17.4 Å². The van der Waals surface area contributed by atoms with Gasteiger partial charge in [-0.25, -0.2) is 0 Å². The molecule has 0 amide bonds. The van der Waals surface area contributed by atoms with Crippen molar-refractivity contribution < 1.29 is 23.2 Å². The van der Waals surface area contributed by atoms with Crippen LogP contribution in [0.2, 0.25) is 0 Å². The summed E-state index contributed by atoms with van der Waals surface area (Å²) in [5.74, 6) is 0.538. The van der Waals surface area contributed by atoms with Crippen LogP contribution in [0.3, 0.4) is 0 Å². The Morgan fingerprint density at radius 3 is 1.76 bits per heavy atom. The molecule has 0 aliphatic heterocycles. The minimum Gasteiger partial charge on any atom is -0.472 e. The molecule has 0 aromatic carbocycles. The fourth-order valence-electron chi connectivity index (χ4n) is 1.09. The fourth-order valence-corrected chi connectivity index (χ4v) is 1.25. The zero-order valence-electron chi connectivity index (χ0n) is 11.1. The maximum absolute atomic E-state index is 9.81. The molecule has 3 heterocycles. The first-order valence-corrected chi connectivity index (χ1v) is 6.50. The summed E-state index contributed by atoms with van der Waals surface area (Å²) in [6.07, 6.45) is 9.89. The van der Waals surface area contributed by atoms with Gasteiger partial charge in [0.1, 0.15) is 6.26 Å². The van der Waals surface area contributed by atoms with Crippen LogP contribution in [0.4, 0.5) is 0 Å². The zero-order chi connectivity index (χ0) is 15.3. The molecule has 3 rings (SSSR count). The van der Waals surface area contributed by atoms with Crippen molar-refractivity contribution in [1.29, 1.82) is 0 Å². The molecule has 6 heteroatoms. The van der Waals surface area contributed by atoms with Gasteiger partial charge in [0.25, 0.3) is 0 Å². The van der Waals surface area contributed by atoms with Gasteiger partial charge in [-0.2, -0.15) is 0 Å². The van der Waals surface area contributed by atoms with Crippen molar-refractivity contribution >= 4 is 17.9 Å². The van der Waals surface area contributed by atoms with E-state index >= 15 is 0 Å². The van der Waals surface area contributed by atoms with Crippen LogP contribution in [0.25, 0.3) is 0 Å². The van der Waals surface area contributed by atoms with E-state index in [9.17, 15) is 4.79 Å². The maximum atomic E-state index is 9.81. The Morgan fingerprint density at radius 1 is 0.952 bits per heavy atom. The van der Waals surface area contributed by atoms with Gasteiger partial charge in [-0.15, -0.1) is 11.6 Å². The third-order valence-corrected chi connectivity index (χ3v) is 2.48. The first kappa shape index (κ1) is 16.8. The molecule has 1 N–H and O–H groups in total. The third-order valence-electron chi connectivity index (χ3n) is 2.18. The number of aldehydes is 1. The van der Waals surface area contributed by atoms with E-state index in [1.54, 1.807) is 24.7 Å². The van der Waals surface area contributed by atoms with Crippen molar-refractivity contribution in [3.8, 4) is 0 Å². The number of carbonyl (C=O) groups excluding carboxylic acids is 1. The van der Waals surface area contributed by atoms with E-state index in [1.165, 1.54) is 25.1 Å². The summed E-state index contributed by atoms with van der Waals surface area (Å²) in [5, 5.41) is 8.37. The highest BCUT2D eigenvalue weighted by atomic mass is 35.5. The molecule has 0 radical (unpaired) electrons. The lowest BCUT2D eigenvalue weighted by Gasteiger charge is -1.77. The van der Waals surface area contributed by atoms with Gasteiger partial charge >= 0.3 is 0 Å². The van der Waals surface area contributed by atoms with Crippen molar-refractivity contribution in [2.24, 2.45) is 0 Å². The smallest absolute Gasteiger partial charge is 0.153 e. The van der Waals surface area contributed by atoms with Crippen LogP contribution < -0.4 is 0 Å². The van der Waals surface area contributed by atoms with Crippen molar-refractivity contribution in [2.45, 2.75) is 12.5 Å². The number of aliphatic hydroxyl groups is 1. The number of rotatable bonds is 3. The third kappa shape index (κ3) is 7.20. The standard InChI is InChI=1S/C5H5ClO.C5H6O2.C5H4O2/c3*6-3-5-1-2-7-4-5/h1-2,4H,3H2;1-2,4,6H,3H2;1-4H. The van der Waals surface area contributed by atoms with Crippen LogP contribution in [0.5, 0.6) is 0 Å². The molecule has 5 nitrogen and oxygen atoms in total. The quantitative estimate of drug-likeness (QED) is 0.586. The van der Waals surface area contributed by atoms with Gasteiger partial charge in [0.15, 0.2) is 6.29 Å². The molecule has 0 spiro atoms. The molecular weight excluding hydrogens is 296 g/mol. The molecule has 0 unspecified atom stereocenters. The molecule has 3 aromatic heterocycles. The van der Waals surface area contributed by atoms with Gasteiger partial charge in [0, 0.05) is 11.1 Å². The second-order valence-corrected chi connectivity index (χ2v) is 4.00. The summed E-state index contributed by atoms with van der Waals surface area (Å²) in [7, 11) is 0. The van der Waals surface area contributed by atoms with E-state index in [-0.39, 0.29) is 6.61 Å². The summed E-state index contributed by atoms with van der Waals surface area (Å²) in [5.41, 5.74) is 2.43. The summed E-state index contributed by atoms with van der Waals surface area (Å²) >= 11 is 5.41. The highest BCUT2D eigenvalue weighted by molar-refractivity contribution is 6.17. The van der Waals surface area contributed by atoms with Gasteiger partial charge in [-0.3, -0.25) is 4.79 Å². The molecular formula is C15H15ClO5. The highest BCUT2D eigenvalue weighted by Gasteiger charge is 1.86. The van der Waals surface area contributed by atoms with Crippen molar-refractivity contribution in [3.63, 3.8) is 0 Å². The second-order valence-electron chi connectivity index (χ2n) is 3.73. The van der Waals surface area contributed by atoms with Crippen LogP contribution in [-0.2, 0) is 12.5 Å². The Balaban J connectivity index is 0.000000157. The van der Waals surface area contributed by atoms with Gasteiger partial charge < -0.3 is 18.4 Å². The van der Waals surface area contributed by atoms with E-state index in [4.69, 9.17) is 21.1 Å². The SMILES string of the molecule is ClCc1ccoc1.O=Cc1ccoc1.OCc1ccoc1. The average Bonchev–Trinajstić information content (AvgIpc) is 3.31. The highest BCUT2D eigenvalue weighted by Crippen LogP contribution is 2.01. The Morgan fingerprint density at radius 2 is 1.52 bits per heavy atom. The first-order chi connectivity index (χ1) is 10.3. The van der Waals surface area contributed by atoms with E-state index in [2.05, 4.69) is 8.83 Å². The largest absolute Gasteiger partial charge is 0.472 e. The predicted octanol–water partition coefficient (Wildman–Crippen LogP) is 3.88. The lowest BCUT2D eigenvalue weighted by molar-refractivity contribution is 0.112. The van der Waals surface area contributed by atoms with Crippen molar-refractivity contribution in [1.82, 2.24) is 0 Å². The summed E-state index contributed by atoms with van der Waals surface area (Å²) in [6, 6.07) is 5.17. The lowest BCUT2D eigenvalue weighted by Crippen LogP contribution is -1.72. The van der Waals surface area contributed by atoms with Gasteiger partial charge in [0.2, 0.25) is 0 Å². The predicted molar refractivity (Wildman–Crippen MR) is 77.0 cm³/mol. The maximum Gasteiger partial charge on any atom is 0.153 e. The topological polar surface area (TPSA) is 76.7 Å². The summed E-state index contributed by atoms with van der Waals surface area (Å²) < 4.78 is 13.9. The Bertz CT molecular complexity index is 521. The molecule has 3 aromatic rings. The number of carbonyl (C=O) groups is 1. The summed E-state index contributed by atoms with van der Waals surface area (Å²) in [4.78, 5) is 9.81. The summed E-state index contributed by atoms with van der Waals surface area (Å²) in [6.45, 7) is 0.0660. The van der Waals surface area contributed by atoms with Gasteiger partial charge in [0.05, 0.1) is 49.4 Å². The fraction of sp³-hybridized carbons (Fsp3) is 0.133. The number of halogens is 1. The lowest BCUT2D eigenvalue weighted by atomic mass is 10.4. The molecule has 112 valence electrons. The number of hydrogen-bond acceptors (Lipinski definition) is 5. The molecule has 0 aliphatic carbocycles. The monoisotopic (exact) mass is 310 g/mol. The molecule has 0 bridgehead atoms. The molecule has 0 saturated carbocycles. The minimum absolute atomic E-state index is 0.0660. The van der Waals surface area contributed by atoms with Crippen molar-refractivity contribution in [2.75, 3.05) is 0 Å². The van der Waals surface area contributed by atoms with Gasteiger partial charge in [-0.05, 0) is 18.2 Å². The first-order valence-electron chi connectivity index (χ1n) is 5.96. The van der Waals surface area contributed by atoms with E-state index in [1.807, 2.05) is 6.07 Å². The zero-order valence-corrected chi connectivity index (χ0v) is 11.9. The number of hydrogen-bond donors (Lipinski definition) is 1. The number of furan rings is 3. The molecule has 0 fully saturated rings. The van der Waals surface area contributed by atoms with E-state index < -0.39 is 0 Å². The van der Waals surface area contributed by atoms with Crippen LogP contribution in [0.15, 0.2) is 69.0 Å². The number of alkyl halides is 1. The van der Waals surface area contributed by atoms with Crippen molar-refractivity contribution in [3.05, 3.63) is 72.5 Å². The molecule has 0 saturated heterocycles. The molecule has 0 atom stereocenters. The Labute approximate surface area is 126 Å². The van der Waals surface area contributed by atoms with Crippen LogP contribution in [0, 0.1) is 0 Å². The molecule has 21 heavy (non-hydrogen) atoms. The van der Waals surface area contributed by atoms with Crippen LogP contribution in [-0.4, -0.2) is 11.4 Å². The van der Waals surface area contributed by atoms with E-state index in [0.29, 0.717) is 11.4 Å². The van der Waals surface area contributed by atoms with Crippen LogP contribution in [0.1, 0.15) is 21.5 Å². The Hall–Kier alpha value is -2.24. The van der Waals surface area contributed by atoms with Gasteiger partial charge in [-0.1, -0.05) is 0 Å². The average molecular weight is 311 g/mol. The minimum atomic E-state index is 0.0660. The number of aliphatic hydroxyl groups excluding tert-OH is 1. The van der Waals surface area contributed by atoms with Crippen LogP contribution >= 0.6 is 11.6 Å². The second kappa shape index (κ2) is 10.5.